The van der Waals surface area contributed by atoms with E-state index in [-0.39, 0.29) is 11.3 Å². The third kappa shape index (κ3) is 5.82. The number of hydrogen-bond donors (Lipinski definition) is 0. The summed E-state index contributed by atoms with van der Waals surface area (Å²) in [5.41, 5.74) is 0.282. The van der Waals surface area contributed by atoms with Crippen LogP contribution in [0.25, 0.3) is 0 Å². The maximum Gasteiger partial charge on any atom is 0.573 e. The molecule has 0 aromatic heterocycles. The van der Waals surface area contributed by atoms with Crippen LogP contribution in [0.1, 0.15) is 5.56 Å². The van der Waals surface area contributed by atoms with Gasteiger partial charge in [-0.1, -0.05) is 5.92 Å². The highest BCUT2D eigenvalue weighted by Crippen LogP contribution is 2.22. The van der Waals surface area contributed by atoms with Gasteiger partial charge in [0.25, 0.3) is 0 Å². The molecule has 1 aromatic carbocycles. The van der Waals surface area contributed by atoms with Gasteiger partial charge in [-0.2, -0.15) is 0 Å². The summed E-state index contributed by atoms with van der Waals surface area (Å²) < 4.78 is 60.5. The van der Waals surface area contributed by atoms with Crippen LogP contribution in [-0.2, 0) is 9.84 Å². The fourth-order valence-corrected chi connectivity index (χ4v) is 1.19. The van der Waals surface area contributed by atoms with Gasteiger partial charge in [0.05, 0.1) is 6.26 Å². The second-order valence-corrected chi connectivity index (χ2v) is 4.82. The average Bonchev–Trinajstić information content (AvgIpc) is 2.13. The van der Waals surface area contributed by atoms with E-state index in [4.69, 9.17) is 0 Å². The van der Waals surface area contributed by atoms with E-state index in [1.807, 2.05) is 5.25 Å². The number of halogens is 3. The molecule has 0 saturated heterocycles. The Morgan fingerprint density at radius 2 is 1.71 bits per heavy atom. The van der Waals surface area contributed by atoms with Crippen LogP contribution in [-0.4, -0.2) is 21.0 Å². The van der Waals surface area contributed by atoms with Gasteiger partial charge >= 0.3 is 6.36 Å². The summed E-state index contributed by atoms with van der Waals surface area (Å²) in [6.45, 7) is 0. The zero-order valence-corrected chi connectivity index (χ0v) is 9.39. The van der Waals surface area contributed by atoms with Crippen molar-refractivity contribution in [3.63, 3.8) is 0 Å². The van der Waals surface area contributed by atoms with Gasteiger partial charge in [-0.15, -0.1) is 13.2 Å². The van der Waals surface area contributed by atoms with E-state index in [9.17, 15) is 21.6 Å². The molecule has 1 rings (SSSR count). The van der Waals surface area contributed by atoms with Crippen molar-refractivity contribution in [3.8, 4) is 16.9 Å². The average molecular weight is 264 g/mol. The summed E-state index contributed by atoms with van der Waals surface area (Å²) >= 11 is 0. The molecule has 0 spiro atoms. The van der Waals surface area contributed by atoms with E-state index in [1.165, 1.54) is 12.1 Å². The van der Waals surface area contributed by atoms with E-state index < -0.39 is 16.2 Å². The highest BCUT2D eigenvalue weighted by atomic mass is 32.2. The third-order valence-corrected chi connectivity index (χ3v) is 1.94. The molecule has 0 radical (unpaired) electrons. The molecule has 0 fully saturated rings. The minimum absolute atomic E-state index is 0.282. The van der Waals surface area contributed by atoms with Gasteiger partial charge in [0, 0.05) is 10.8 Å². The van der Waals surface area contributed by atoms with Crippen molar-refractivity contribution in [1.29, 1.82) is 0 Å². The Morgan fingerprint density at radius 3 is 2.12 bits per heavy atom. The highest BCUT2D eigenvalue weighted by molar-refractivity contribution is 7.95. The van der Waals surface area contributed by atoms with E-state index >= 15 is 0 Å². The van der Waals surface area contributed by atoms with Crippen LogP contribution < -0.4 is 4.74 Å². The normalized spacial score (nSPS) is 11.5. The summed E-state index contributed by atoms with van der Waals surface area (Å²) in [5.74, 6) is 1.91. The van der Waals surface area contributed by atoms with Crippen LogP contribution in [0.3, 0.4) is 0 Å². The zero-order chi connectivity index (χ0) is 13.1. The van der Waals surface area contributed by atoms with Crippen molar-refractivity contribution in [2.75, 3.05) is 6.26 Å². The number of alkyl halides is 3. The first-order valence-corrected chi connectivity index (χ1v) is 6.13. The van der Waals surface area contributed by atoms with Crippen molar-refractivity contribution >= 4 is 9.84 Å². The Balaban J connectivity index is 2.85. The molecule has 0 aliphatic carbocycles. The monoisotopic (exact) mass is 264 g/mol. The lowest BCUT2D eigenvalue weighted by Crippen LogP contribution is -2.16. The molecular formula is C10H7F3O3S. The topological polar surface area (TPSA) is 43.4 Å². The standard InChI is InChI=1S/C10H7F3O3S/c1-17(14,15)7-6-8-2-4-9(5-3-8)16-10(11,12)13/h2-5H,1H3. The van der Waals surface area contributed by atoms with Crippen LogP contribution in [0.5, 0.6) is 5.75 Å². The van der Waals surface area contributed by atoms with Gasteiger partial charge in [-0.3, -0.25) is 0 Å². The maximum atomic E-state index is 11.8. The van der Waals surface area contributed by atoms with Crippen LogP contribution in [0.4, 0.5) is 13.2 Å². The van der Waals surface area contributed by atoms with Crippen molar-refractivity contribution in [2.24, 2.45) is 0 Å². The van der Waals surface area contributed by atoms with Crippen LogP contribution in [0, 0.1) is 11.2 Å². The Hall–Kier alpha value is -1.68. The molecule has 17 heavy (non-hydrogen) atoms. The molecule has 0 atom stereocenters. The number of sulfone groups is 1. The predicted octanol–water partition coefficient (Wildman–Crippen LogP) is 1.94. The van der Waals surface area contributed by atoms with E-state index in [1.54, 1.807) is 0 Å². The van der Waals surface area contributed by atoms with Gasteiger partial charge in [-0.05, 0) is 24.3 Å². The SMILES string of the molecule is CS(=O)(=O)C#Cc1ccc(OC(F)(F)F)cc1. The van der Waals surface area contributed by atoms with Gasteiger partial charge in [0.1, 0.15) is 5.75 Å². The first kappa shape index (κ1) is 13.4. The molecule has 92 valence electrons. The Labute approximate surface area is 96.1 Å². The molecule has 1 aromatic rings. The molecule has 0 saturated carbocycles. The van der Waals surface area contributed by atoms with Crippen LogP contribution in [0.2, 0.25) is 0 Å². The van der Waals surface area contributed by atoms with Gasteiger partial charge < -0.3 is 4.74 Å². The summed E-state index contributed by atoms with van der Waals surface area (Å²) in [6.07, 6.45) is -3.82. The number of hydrogen-bond acceptors (Lipinski definition) is 3. The van der Waals surface area contributed by atoms with Crippen LogP contribution in [0.15, 0.2) is 24.3 Å². The zero-order valence-electron chi connectivity index (χ0n) is 8.58. The van der Waals surface area contributed by atoms with E-state index in [0.29, 0.717) is 0 Å². The number of rotatable bonds is 1. The molecule has 0 aliphatic rings. The predicted molar refractivity (Wildman–Crippen MR) is 54.8 cm³/mol. The molecule has 0 N–H and O–H groups in total. The molecule has 0 aliphatic heterocycles. The van der Waals surface area contributed by atoms with E-state index in [0.717, 1.165) is 18.4 Å². The van der Waals surface area contributed by atoms with Crippen LogP contribution >= 0.6 is 0 Å². The van der Waals surface area contributed by atoms with Gasteiger partial charge in [0.2, 0.25) is 9.84 Å². The first-order chi connectivity index (χ1) is 7.66. The summed E-state index contributed by atoms with van der Waals surface area (Å²) in [7, 11) is -3.43. The summed E-state index contributed by atoms with van der Waals surface area (Å²) in [6, 6.07) is 4.58. The minimum Gasteiger partial charge on any atom is -0.406 e. The number of ether oxygens (including phenoxy) is 1. The Kier molecular flexibility index (Phi) is 3.68. The lowest BCUT2D eigenvalue weighted by molar-refractivity contribution is -0.274. The fraction of sp³-hybridized carbons (Fsp3) is 0.200. The lowest BCUT2D eigenvalue weighted by Gasteiger charge is -2.07. The largest absolute Gasteiger partial charge is 0.573 e. The van der Waals surface area contributed by atoms with Crippen molar-refractivity contribution < 1.29 is 26.3 Å². The maximum absolute atomic E-state index is 11.8. The summed E-state index contributed by atoms with van der Waals surface area (Å²) in [4.78, 5) is 0. The van der Waals surface area contributed by atoms with Crippen molar-refractivity contribution in [1.82, 2.24) is 0 Å². The third-order valence-electron chi connectivity index (χ3n) is 1.47. The molecule has 0 heterocycles. The number of benzene rings is 1. The molecular weight excluding hydrogens is 257 g/mol. The highest BCUT2D eigenvalue weighted by Gasteiger charge is 2.30. The first-order valence-electron chi connectivity index (χ1n) is 4.24. The Bertz CT molecular complexity index is 547. The second kappa shape index (κ2) is 4.67. The van der Waals surface area contributed by atoms with Crippen molar-refractivity contribution in [2.45, 2.75) is 6.36 Å². The minimum atomic E-state index is -4.75. The van der Waals surface area contributed by atoms with Crippen molar-refractivity contribution in [3.05, 3.63) is 29.8 Å². The van der Waals surface area contributed by atoms with Gasteiger partial charge in [0.15, 0.2) is 0 Å². The van der Waals surface area contributed by atoms with E-state index in [2.05, 4.69) is 10.7 Å². The molecule has 0 unspecified atom stereocenters. The quantitative estimate of drug-likeness (QED) is 0.728. The Morgan fingerprint density at radius 1 is 1.18 bits per heavy atom. The smallest absolute Gasteiger partial charge is 0.406 e. The molecule has 0 bridgehead atoms. The molecule has 3 nitrogen and oxygen atoms in total. The van der Waals surface area contributed by atoms with Gasteiger partial charge in [-0.25, -0.2) is 8.42 Å². The lowest BCUT2D eigenvalue weighted by atomic mass is 10.2. The second-order valence-electron chi connectivity index (χ2n) is 3.07. The summed E-state index contributed by atoms with van der Waals surface area (Å²) in [5, 5.41) is 1.97. The molecule has 0 amide bonds. The fourth-order valence-electron chi connectivity index (χ4n) is 0.892. The molecule has 7 heteroatoms.